The summed E-state index contributed by atoms with van der Waals surface area (Å²) < 4.78 is 43.9. The minimum Gasteiger partial charge on any atom is -0.504 e. The molecule has 6 nitrogen and oxygen atoms in total. The maximum atomic E-state index is 13.1. The molecule has 0 fully saturated rings. The van der Waals surface area contributed by atoms with E-state index in [2.05, 4.69) is 4.98 Å². The van der Waals surface area contributed by atoms with Gasteiger partial charge in [-0.2, -0.15) is 18.4 Å². The molecule has 1 heterocycles. The molecule has 0 saturated heterocycles. The van der Waals surface area contributed by atoms with Gasteiger partial charge in [0.1, 0.15) is 11.8 Å². The second-order valence-corrected chi connectivity index (χ2v) is 6.12. The van der Waals surface area contributed by atoms with Crippen LogP contribution in [0.2, 0.25) is 0 Å². The highest BCUT2D eigenvalue weighted by Crippen LogP contribution is 2.35. The lowest BCUT2D eigenvalue weighted by molar-refractivity contribution is -0.143. The number of nitriles is 1. The summed E-state index contributed by atoms with van der Waals surface area (Å²) in [5.41, 5.74) is -1.28. The van der Waals surface area contributed by atoms with Crippen LogP contribution in [0, 0.1) is 18.3 Å². The SMILES string of the molecule is CCOC(=O)CCC(=O)c1nc(-c2cc(C(F)(F)F)ccc2C)cc(C#N)c1O. The molecule has 1 aromatic carbocycles. The lowest BCUT2D eigenvalue weighted by Gasteiger charge is -2.13. The number of halogens is 3. The van der Waals surface area contributed by atoms with E-state index < -0.39 is 34.9 Å². The van der Waals surface area contributed by atoms with Gasteiger partial charge in [-0.15, -0.1) is 0 Å². The number of Topliss-reactive ketones (excluding diaryl/α,β-unsaturated/α-hetero) is 1. The van der Waals surface area contributed by atoms with Gasteiger partial charge < -0.3 is 9.84 Å². The summed E-state index contributed by atoms with van der Waals surface area (Å²) in [5.74, 6) is -2.04. The van der Waals surface area contributed by atoms with Crippen molar-refractivity contribution in [3.63, 3.8) is 0 Å². The molecule has 29 heavy (non-hydrogen) atoms. The Hall–Kier alpha value is -3.41. The maximum absolute atomic E-state index is 13.1. The molecule has 0 aliphatic rings. The van der Waals surface area contributed by atoms with Gasteiger partial charge in [0.05, 0.1) is 29.8 Å². The highest BCUT2D eigenvalue weighted by atomic mass is 19.4. The summed E-state index contributed by atoms with van der Waals surface area (Å²) in [6.07, 6.45) is -5.19. The van der Waals surface area contributed by atoms with E-state index in [0.29, 0.717) is 5.56 Å². The van der Waals surface area contributed by atoms with E-state index in [4.69, 9.17) is 4.74 Å². The number of benzene rings is 1. The Morgan fingerprint density at radius 2 is 1.93 bits per heavy atom. The molecule has 0 saturated carbocycles. The quantitative estimate of drug-likeness (QED) is 0.571. The molecule has 152 valence electrons. The van der Waals surface area contributed by atoms with Crippen molar-refractivity contribution in [2.24, 2.45) is 0 Å². The normalized spacial score (nSPS) is 11.0. The lowest BCUT2D eigenvalue weighted by Crippen LogP contribution is -2.10. The molecule has 0 unspecified atom stereocenters. The first-order chi connectivity index (χ1) is 13.6. The summed E-state index contributed by atoms with van der Waals surface area (Å²) in [6, 6.07) is 5.83. The zero-order valence-electron chi connectivity index (χ0n) is 15.6. The standard InChI is InChI=1S/C20H17F3N2O4/c1-3-29-17(27)7-6-16(26)18-19(28)12(10-24)8-15(25-18)14-9-13(20(21,22)23)5-4-11(14)2/h4-5,8-9,28H,3,6-7H2,1-2H3. The summed E-state index contributed by atoms with van der Waals surface area (Å²) in [7, 11) is 0. The number of ether oxygens (including phenoxy) is 1. The molecule has 0 aliphatic carbocycles. The van der Waals surface area contributed by atoms with E-state index in [1.54, 1.807) is 19.9 Å². The molecule has 0 atom stereocenters. The molecule has 2 aromatic rings. The zero-order chi connectivity index (χ0) is 21.8. The first kappa shape index (κ1) is 21.9. The number of carbonyl (C=O) groups excluding carboxylic acids is 2. The van der Waals surface area contributed by atoms with Crippen LogP contribution in [0.5, 0.6) is 5.75 Å². The van der Waals surface area contributed by atoms with E-state index in [1.807, 2.05) is 0 Å². The second kappa shape index (κ2) is 8.73. The molecular weight excluding hydrogens is 389 g/mol. The molecule has 1 N–H and O–H groups in total. The van der Waals surface area contributed by atoms with Gasteiger partial charge in [-0.25, -0.2) is 4.98 Å². The summed E-state index contributed by atoms with van der Waals surface area (Å²) >= 11 is 0. The van der Waals surface area contributed by atoms with Crippen molar-refractivity contribution in [2.75, 3.05) is 6.61 Å². The number of nitrogens with zero attached hydrogens (tertiary/aromatic N) is 2. The number of hydrogen-bond acceptors (Lipinski definition) is 6. The lowest BCUT2D eigenvalue weighted by atomic mass is 9.99. The Labute approximate surface area is 164 Å². The number of rotatable bonds is 6. The van der Waals surface area contributed by atoms with Crippen molar-refractivity contribution in [2.45, 2.75) is 32.9 Å². The van der Waals surface area contributed by atoms with Crippen molar-refractivity contribution < 1.29 is 32.6 Å². The van der Waals surface area contributed by atoms with Crippen molar-refractivity contribution in [3.8, 4) is 23.1 Å². The summed E-state index contributed by atoms with van der Waals surface area (Å²) in [6.45, 7) is 3.30. The molecule has 0 bridgehead atoms. The summed E-state index contributed by atoms with van der Waals surface area (Å²) in [5, 5.41) is 19.4. The Kier molecular flexibility index (Phi) is 6.59. The minimum atomic E-state index is -4.59. The van der Waals surface area contributed by atoms with Crippen LogP contribution in [-0.4, -0.2) is 28.4 Å². The van der Waals surface area contributed by atoms with Gasteiger partial charge in [-0.3, -0.25) is 9.59 Å². The number of aryl methyl sites for hydroxylation is 1. The minimum absolute atomic E-state index is 0.0655. The van der Waals surface area contributed by atoms with Crippen molar-refractivity contribution in [3.05, 3.63) is 46.6 Å². The Morgan fingerprint density at radius 1 is 1.24 bits per heavy atom. The van der Waals surface area contributed by atoms with Crippen molar-refractivity contribution >= 4 is 11.8 Å². The van der Waals surface area contributed by atoms with Gasteiger partial charge in [0, 0.05) is 12.0 Å². The van der Waals surface area contributed by atoms with Gasteiger partial charge in [0.2, 0.25) is 0 Å². The number of ketones is 1. The predicted molar refractivity (Wildman–Crippen MR) is 96.0 cm³/mol. The van der Waals surface area contributed by atoms with E-state index >= 15 is 0 Å². The average molecular weight is 406 g/mol. The first-order valence-electron chi connectivity index (χ1n) is 8.59. The number of alkyl halides is 3. The van der Waals surface area contributed by atoms with Crippen LogP contribution in [-0.2, 0) is 15.7 Å². The van der Waals surface area contributed by atoms with E-state index in [0.717, 1.165) is 18.2 Å². The molecule has 2 rings (SSSR count). The van der Waals surface area contributed by atoms with E-state index in [1.165, 1.54) is 6.07 Å². The van der Waals surface area contributed by atoms with E-state index in [-0.39, 0.29) is 36.3 Å². The van der Waals surface area contributed by atoms with Crippen molar-refractivity contribution in [1.82, 2.24) is 4.98 Å². The van der Waals surface area contributed by atoms with Crippen LogP contribution < -0.4 is 0 Å². The van der Waals surface area contributed by atoms with Crippen LogP contribution in [0.3, 0.4) is 0 Å². The molecule has 0 radical (unpaired) electrons. The van der Waals surface area contributed by atoms with Gasteiger partial charge in [-0.1, -0.05) is 6.07 Å². The van der Waals surface area contributed by atoms with Gasteiger partial charge in [-0.05, 0) is 37.6 Å². The number of aromatic nitrogens is 1. The second-order valence-electron chi connectivity index (χ2n) is 6.12. The van der Waals surface area contributed by atoms with Crippen LogP contribution in [0.15, 0.2) is 24.3 Å². The fourth-order valence-corrected chi connectivity index (χ4v) is 2.60. The predicted octanol–water partition coefficient (Wildman–Crippen LogP) is 4.18. The number of hydrogen-bond donors (Lipinski definition) is 1. The zero-order valence-corrected chi connectivity index (χ0v) is 15.6. The third kappa shape index (κ3) is 5.10. The van der Waals surface area contributed by atoms with Gasteiger partial charge >= 0.3 is 12.1 Å². The fraction of sp³-hybridized carbons (Fsp3) is 0.300. The Morgan fingerprint density at radius 3 is 2.52 bits per heavy atom. The highest BCUT2D eigenvalue weighted by Gasteiger charge is 2.31. The average Bonchev–Trinajstić information content (AvgIpc) is 2.66. The number of esters is 1. The van der Waals surface area contributed by atoms with Crippen molar-refractivity contribution in [1.29, 1.82) is 5.26 Å². The van der Waals surface area contributed by atoms with Crippen LogP contribution >= 0.6 is 0 Å². The molecular formula is C20H17F3N2O4. The van der Waals surface area contributed by atoms with E-state index in [9.17, 15) is 33.1 Å². The number of aromatic hydroxyl groups is 1. The monoisotopic (exact) mass is 406 g/mol. The molecule has 0 amide bonds. The van der Waals surface area contributed by atoms with Crippen LogP contribution in [0.25, 0.3) is 11.3 Å². The van der Waals surface area contributed by atoms with Gasteiger partial charge in [0.15, 0.2) is 11.5 Å². The largest absolute Gasteiger partial charge is 0.504 e. The number of carbonyl (C=O) groups is 2. The topological polar surface area (TPSA) is 100 Å². The number of pyridine rings is 1. The van der Waals surface area contributed by atoms with Crippen LogP contribution in [0.4, 0.5) is 13.2 Å². The Balaban J connectivity index is 2.51. The molecule has 9 heteroatoms. The maximum Gasteiger partial charge on any atom is 0.416 e. The molecule has 1 aromatic heterocycles. The van der Waals surface area contributed by atoms with Crippen LogP contribution in [0.1, 0.15) is 46.9 Å². The fourth-order valence-electron chi connectivity index (χ4n) is 2.60. The first-order valence-corrected chi connectivity index (χ1v) is 8.59. The summed E-state index contributed by atoms with van der Waals surface area (Å²) in [4.78, 5) is 27.8. The van der Waals surface area contributed by atoms with Gasteiger partial charge in [0.25, 0.3) is 0 Å². The molecule has 0 spiro atoms. The molecule has 0 aliphatic heterocycles. The third-order valence-electron chi connectivity index (χ3n) is 4.08. The third-order valence-corrected chi connectivity index (χ3v) is 4.08. The highest BCUT2D eigenvalue weighted by molar-refractivity contribution is 5.99. The smallest absolute Gasteiger partial charge is 0.416 e. The Bertz CT molecular complexity index is 994.